The standard InChI is InChI=1S/C25H39ClN2O2/c1-18(2)19(3)9-14-23(15-20-7-5-4-6-8-20)28-25(30)22-12-10-21(11-13-22)17-27-24(29)16-26/h4-8,18-19,21-23H,9-17H2,1-3H3,(H,27,29)(H,28,30)/t19?,21-,22-,23?. The molecule has 30 heavy (non-hydrogen) atoms. The van der Waals surface area contributed by atoms with Crippen LogP contribution < -0.4 is 10.6 Å². The van der Waals surface area contributed by atoms with E-state index in [0.717, 1.165) is 44.9 Å². The summed E-state index contributed by atoms with van der Waals surface area (Å²) in [6, 6.07) is 10.6. The summed E-state index contributed by atoms with van der Waals surface area (Å²) in [4.78, 5) is 24.3. The molecule has 0 bridgehead atoms. The minimum absolute atomic E-state index is 0.00990. The fraction of sp³-hybridized carbons (Fsp3) is 0.680. The number of carbonyl (C=O) groups is 2. The van der Waals surface area contributed by atoms with Gasteiger partial charge in [0.1, 0.15) is 5.88 Å². The van der Waals surface area contributed by atoms with Crippen LogP contribution in [-0.4, -0.2) is 30.3 Å². The van der Waals surface area contributed by atoms with Crippen molar-refractivity contribution in [2.45, 2.75) is 71.8 Å². The zero-order chi connectivity index (χ0) is 21.9. The molecule has 1 saturated carbocycles. The van der Waals surface area contributed by atoms with Crippen molar-refractivity contribution in [2.75, 3.05) is 12.4 Å². The predicted octanol–water partition coefficient (Wildman–Crippen LogP) is 4.95. The van der Waals surface area contributed by atoms with Crippen LogP contribution in [0.1, 0.15) is 64.9 Å². The third-order valence-corrected chi connectivity index (χ3v) is 6.95. The van der Waals surface area contributed by atoms with Crippen molar-refractivity contribution in [2.24, 2.45) is 23.7 Å². The molecule has 0 heterocycles. The first-order valence-electron chi connectivity index (χ1n) is 11.6. The summed E-state index contributed by atoms with van der Waals surface area (Å²) in [6.45, 7) is 7.51. The molecule has 5 heteroatoms. The molecule has 0 aromatic heterocycles. The Morgan fingerprint density at radius 2 is 1.70 bits per heavy atom. The lowest BCUT2D eigenvalue weighted by Gasteiger charge is -2.30. The number of alkyl halides is 1. The van der Waals surface area contributed by atoms with Crippen LogP contribution in [0.25, 0.3) is 0 Å². The van der Waals surface area contributed by atoms with Gasteiger partial charge in [-0.2, -0.15) is 0 Å². The van der Waals surface area contributed by atoms with E-state index in [1.54, 1.807) is 0 Å². The van der Waals surface area contributed by atoms with E-state index < -0.39 is 0 Å². The lowest BCUT2D eigenvalue weighted by Crippen LogP contribution is -2.42. The fourth-order valence-corrected chi connectivity index (χ4v) is 4.27. The maximum absolute atomic E-state index is 13.0. The molecule has 2 rings (SSSR count). The Morgan fingerprint density at radius 1 is 1.03 bits per heavy atom. The molecule has 2 N–H and O–H groups in total. The van der Waals surface area contributed by atoms with Gasteiger partial charge < -0.3 is 10.6 Å². The van der Waals surface area contributed by atoms with E-state index in [0.29, 0.717) is 24.3 Å². The molecule has 2 unspecified atom stereocenters. The van der Waals surface area contributed by atoms with Crippen LogP contribution in [0.2, 0.25) is 0 Å². The highest BCUT2D eigenvalue weighted by molar-refractivity contribution is 6.27. The molecule has 0 aliphatic heterocycles. The van der Waals surface area contributed by atoms with Gasteiger partial charge in [-0.1, -0.05) is 51.1 Å². The third-order valence-electron chi connectivity index (χ3n) is 6.71. The summed E-state index contributed by atoms with van der Waals surface area (Å²) >= 11 is 5.54. The lowest BCUT2D eigenvalue weighted by atomic mass is 9.81. The Kier molecular flexibility index (Phi) is 10.7. The number of carbonyl (C=O) groups excluding carboxylic acids is 2. The molecular weight excluding hydrogens is 396 g/mol. The van der Waals surface area contributed by atoms with Crippen LogP contribution >= 0.6 is 11.6 Å². The topological polar surface area (TPSA) is 58.2 Å². The van der Waals surface area contributed by atoms with E-state index >= 15 is 0 Å². The average molecular weight is 435 g/mol. The molecule has 168 valence electrons. The molecular formula is C25H39ClN2O2. The van der Waals surface area contributed by atoms with Crippen molar-refractivity contribution in [1.29, 1.82) is 0 Å². The molecule has 1 aromatic carbocycles. The summed E-state index contributed by atoms with van der Waals surface area (Å²) in [7, 11) is 0. The van der Waals surface area contributed by atoms with Gasteiger partial charge in [0.25, 0.3) is 0 Å². The quantitative estimate of drug-likeness (QED) is 0.484. The maximum Gasteiger partial charge on any atom is 0.234 e. The predicted molar refractivity (Wildman–Crippen MR) is 124 cm³/mol. The van der Waals surface area contributed by atoms with Gasteiger partial charge >= 0.3 is 0 Å². The molecule has 4 nitrogen and oxygen atoms in total. The van der Waals surface area contributed by atoms with Crippen molar-refractivity contribution in [3.63, 3.8) is 0 Å². The van der Waals surface area contributed by atoms with E-state index in [1.165, 1.54) is 5.56 Å². The lowest BCUT2D eigenvalue weighted by molar-refractivity contribution is -0.127. The van der Waals surface area contributed by atoms with Crippen molar-refractivity contribution < 1.29 is 9.59 Å². The smallest absolute Gasteiger partial charge is 0.234 e. The van der Waals surface area contributed by atoms with E-state index in [9.17, 15) is 9.59 Å². The minimum atomic E-state index is -0.115. The number of rotatable bonds is 11. The second-order valence-corrected chi connectivity index (χ2v) is 9.62. The van der Waals surface area contributed by atoms with Crippen LogP contribution in [0.15, 0.2) is 30.3 Å². The second kappa shape index (κ2) is 13.0. The number of halogens is 1. The number of amides is 2. The number of hydrogen-bond acceptors (Lipinski definition) is 2. The minimum Gasteiger partial charge on any atom is -0.355 e. The van der Waals surface area contributed by atoms with Crippen molar-refractivity contribution in [1.82, 2.24) is 10.6 Å². The number of benzene rings is 1. The van der Waals surface area contributed by atoms with Gasteiger partial charge in [-0.3, -0.25) is 9.59 Å². The van der Waals surface area contributed by atoms with Gasteiger partial charge in [-0.25, -0.2) is 0 Å². The molecule has 0 saturated heterocycles. The van der Waals surface area contributed by atoms with E-state index in [-0.39, 0.29) is 29.7 Å². The Morgan fingerprint density at radius 3 is 2.30 bits per heavy atom. The largest absolute Gasteiger partial charge is 0.355 e. The van der Waals surface area contributed by atoms with Gasteiger partial charge in [0.15, 0.2) is 0 Å². The monoisotopic (exact) mass is 434 g/mol. The Hall–Kier alpha value is -1.55. The van der Waals surface area contributed by atoms with Crippen molar-refractivity contribution in [3.05, 3.63) is 35.9 Å². The molecule has 2 amide bonds. The molecule has 0 radical (unpaired) electrons. The molecule has 1 aliphatic rings. The Balaban J connectivity index is 1.86. The van der Waals surface area contributed by atoms with E-state index in [1.807, 2.05) is 6.07 Å². The Labute approximate surface area is 187 Å². The van der Waals surface area contributed by atoms with Gasteiger partial charge in [0, 0.05) is 18.5 Å². The molecule has 1 aromatic rings. The van der Waals surface area contributed by atoms with Crippen LogP contribution in [0.4, 0.5) is 0 Å². The van der Waals surface area contributed by atoms with Crippen LogP contribution in [0.3, 0.4) is 0 Å². The average Bonchev–Trinajstić information content (AvgIpc) is 2.76. The summed E-state index contributed by atoms with van der Waals surface area (Å²) in [6.07, 6.45) is 6.78. The zero-order valence-electron chi connectivity index (χ0n) is 18.8. The third kappa shape index (κ3) is 8.67. The van der Waals surface area contributed by atoms with Gasteiger partial charge in [0.2, 0.25) is 11.8 Å². The summed E-state index contributed by atoms with van der Waals surface area (Å²) in [5, 5.41) is 6.25. The highest BCUT2D eigenvalue weighted by Gasteiger charge is 2.28. The van der Waals surface area contributed by atoms with E-state index in [2.05, 4.69) is 55.7 Å². The zero-order valence-corrected chi connectivity index (χ0v) is 19.6. The first-order valence-corrected chi connectivity index (χ1v) is 12.1. The van der Waals surface area contributed by atoms with Gasteiger partial charge in [0.05, 0.1) is 0 Å². The first kappa shape index (κ1) is 24.7. The molecule has 2 atom stereocenters. The fourth-order valence-electron chi connectivity index (χ4n) is 4.17. The van der Waals surface area contributed by atoms with Crippen molar-refractivity contribution >= 4 is 23.4 Å². The van der Waals surface area contributed by atoms with E-state index in [4.69, 9.17) is 11.6 Å². The Bertz CT molecular complexity index is 642. The molecule has 1 fully saturated rings. The summed E-state index contributed by atoms with van der Waals surface area (Å²) in [5.41, 5.74) is 1.28. The summed E-state index contributed by atoms with van der Waals surface area (Å²) < 4.78 is 0. The molecule has 1 aliphatic carbocycles. The number of hydrogen-bond donors (Lipinski definition) is 2. The normalized spacial score (nSPS) is 21.1. The van der Waals surface area contributed by atoms with Crippen LogP contribution in [0.5, 0.6) is 0 Å². The van der Waals surface area contributed by atoms with Crippen molar-refractivity contribution in [3.8, 4) is 0 Å². The highest BCUT2D eigenvalue weighted by atomic mass is 35.5. The van der Waals surface area contributed by atoms with Gasteiger partial charge in [-0.15, -0.1) is 11.6 Å². The highest BCUT2D eigenvalue weighted by Crippen LogP contribution is 2.29. The van der Waals surface area contributed by atoms with Gasteiger partial charge in [-0.05, 0) is 68.3 Å². The van der Waals surface area contributed by atoms with Crippen LogP contribution in [-0.2, 0) is 16.0 Å². The maximum atomic E-state index is 13.0. The first-order chi connectivity index (χ1) is 14.4. The van der Waals surface area contributed by atoms with Crippen LogP contribution in [0, 0.1) is 23.7 Å². The summed E-state index contributed by atoms with van der Waals surface area (Å²) in [5.74, 6) is 1.95. The SMILES string of the molecule is CC(C)C(C)CCC(Cc1ccccc1)NC(=O)[C@H]1CC[C@H](CNC(=O)CCl)CC1. The molecule has 0 spiro atoms. The number of nitrogens with one attached hydrogen (secondary N) is 2. The second-order valence-electron chi connectivity index (χ2n) is 9.35.